The Morgan fingerprint density at radius 2 is 1.60 bits per heavy atom. The van der Waals surface area contributed by atoms with Crippen LogP contribution in [0.25, 0.3) is 0 Å². The van der Waals surface area contributed by atoms with Gasteiger partial charge in [-0.3, -0.25) is 9.59 Å². The van der Waals surface area contributed by atoms with E-state index in [1.54, 1.807) is 18.1 Å². The zero-order valence-electron chi connectivity index (χ0n) is 16.5. The first-order valence-electron chi connectivity index (χ1n) is 9.87. The van der Waals surface area contributed by atoms with E-state index in [9.17, 15) is 9.59 Å². The molecule has 1 spiro atoms. The maximum absolute atomic E-state index is 13.6. The fourth-order valence-corrected chi connectivity index (χ4v) is 4.38. The van der Waals surface area contributed by atoms with Crippen LogP contribution in [0.5, 0.6) is 5.75 Å². The number of fused-ring (bicyclic) bond motifs is 3. The lowest BCUT2D eigenvalue weighted by atomic mass is 9.92. The Labute approximate surface area is 174 Å². The van der Waals surface area contributed by atoms with Crippen molar-refractivity contribution < 1.29 is 14.3 Å². The number of nitrogens with one attached hydrogen (secondary N) is 2. The summed E-state index contributed by atoms with van der Waals surface area (Å²) >= 11 is 0. The molecule has 2 heterocycles. The van der Waals surface area contributed by atoms with E-state index in [0.717, 1.165) is 16.9 Å². The average molecular weight is 399 g/mol. The molecule has 30 heavy (non-hydrogen) atoms. The van der Waals surface area contributed by atoms with E-state index < -0.39 is 5.66 Å². The van der Waals surface area contributed by atoms with Gasteiger partial charge in [-0.05, 0) is 36.2 Å². The summed E-state index contributed by atoms with van der Waals surface area (Å²) in [6.45, 7) is 0.349. The van der Waals surface area contributed by atoms with E-state index in [1.165, 1.54) is 0 Å². The highest BCUT2D eigenvalue weighted by atomic mass is 16.5. The zero-order chi connectivity index (χ0) is 20.7. The minimum Gasteiger partial charge on any atom is -0.496 e. The van der Waals surface area contributed by atoms with Crippen LogP contribution >= 0.6 is 0 Å². The third-order valence-electron chi connectivity index (χ3n) is 5.81. The van der Waals surface area contributed by atoms with E-state index in [1.807, 2.05) is 66.7 Å². The molecule has 1 atom stereocenters. The predicted molar refractivity (Wildman–Crippen MR) is 115 cm³/mol. The van der Waals surface area contributed by atoms with E-state index in [0.29, 0.717) is 29.9 Å². The number of carbonyl (C=O) groups excluding carboxylic acids is 2. The molecule has 2 N–H and O–H groups in total. The summed E-state index contributed by atoms with van der Waals surface area (Å²) in [5, 5.41) is 6.33. The van der Waals surface area contributed by atoms with Crippen LogP contribution in [-0.4, -0.2) is 30.4 Å². The molecule has 6 heteroatoms. The first kappa shape index (κ1) is 18.2. The van der Waals surface area contributed by atoms with Crippen molar-refractivity contribution in [2.45, 2.75) is 12.1 Å². The lowest BCUT2D eigenvalue weighted by Crippen LogP contribution is -2.61. The van der Waals surface area contributed by atoms with Gasteiger partial charge in [0.15, 0.2) is 0 Å². The summed E-state index contributed by atoms with van der Waals surface area (Å²) in [5.41, 5.74) is 2.36. The van der Waals surface area contributed by atoms with Gasteiger partial charge in [0.25, 0.3) is 11.8 Å². The lowest BCUT2D eigenvalue weighted by molar-refractivity contribution is -0.125. The predicted octanol–water partition coefficient (Wildman–Crippen LogP) is 3.61. The third-order valence-corrected chi connectivity index (χ3v) is 5.81. The molecule has 2 aliphatic heterocycles. The lowest BCUT2D eigenvalue weighted by Gasteiger charge is -2.44. The van der Waals surface area contributed by atoms with Gasteiger partial charge in [0.2, 0.25) is 5.66 Å². The second-order valence-corrected chi connectivity index (χ2v) is 7.40. The van der Waals surface area contributed by atoms with Crippen molar-refractivity contribution in [3.05, 3.63) is 89.5 Å². The van der Waals surface area contributed by atoms with Crippen LogP contribution in [0.15, 0.2) is 72.8 Å². The van der Waals surface area contributed by atoms with Crippen molar-refractivity contribution in [3.8, 4) is 5.75 Å². The molecule has 2 amide bonds. The van der Waals surface area contributed by atoms with E-state index in [2.05, 4.69) is 10.6 Å². The summed E-state index contributed by atoms with van der Waals surface area (Å²) in [6, 6.07) is 22.5. The van der Waals surface area contributed by atoms with Crippen molar-refractivity contribution in [2.75, 3.05) is 24.3 Å². The van der Waals surface area contributed by atoms with Crippen molar-refractivity contribution in [1.82, 2.24) is 4.90 Å². The molecule has 0 radical (unpaired) electrons. The highest BCUT2D eigenvalue weighted by Gasteiger charge is 2.56. The van der Waals surface area contributed by atoms with Gasteiger partial charge in [0, 0.05) is 23.5 Å². The quantitative estimate of drug-likeness (QED) is 0.703. The molecule has 0 saturated heterocycles. The summed E-state index contributed by atoms with van der Waals surface area (Å²) in [7, 11) is 1.63. The van der Waals surface area contributed by atoms with Gasteiger partial charge in [-0.2, -0.15) is 0 Å². The maximum Gasteiger partial charge on any atom is 0.276 e. The molecule has 1 unspecified atom stereocenters. The molecule has 6 nitrogen and oxygen atoms in total. The first-order valence-corrected chi connectivity index (χ1v) is 9.87. The molecule has 0 aromatic heterocycles. The number of anilines is 2. The molecule has 3 aromatic rings. The largest absolute Gasteiger partial charge is 0.496 e. The number of carbonyl (C=O) groups is 2. The van der Waals surface area contributed by atoms with E-state index in [-0.39, 0.29) is 11.8 Å². The number of amides is 2. The molecular formula is C24H21N3O3. The smallest absolute Gasteiger partial charge is 0.276 e. The topological polar surface area (TPSA) is 70.7 Å². The van der Waals surface area contributed by atoms with Crippen LogP contribution in [0.4, 0.5) is 11.4 Å². The minimum atomic E-state index is -1.29. The molecule has 0 bridgehead atoms. The monoisotopic (exact) mass is 399 g/mol. The Morgan fingerprint density at radius 1 is 0.900 bits per heavy atom. The molecule has 2 aliphatic rings. The van der Waals surface area contributed by atoms with Crippen molar-refractivity contribution in [3.63, 3.8) is 0 Å². The van der Waals surface area contributed by atoms with Gasteiger partial charge in [0.05, 0.1) is 12.7 Å². The molecule has 0 aliphatic carbocycles. The third kappa shape index (κ3) is 2.57. The zero-order valence-corrected chi connectivity index (χ0v) is 16.5. The molecule has 3 aromatic carbocycles. The van der Waals surface area contributed by atoms with Crippen LogP contribution in [0, 0.1) is 0 Å². The number of benzene rings is 3. The maximum atomic E-state index is 13.6. The van der Waals surface area contributed by atoms with Gasteiger partial charge >= 0.3 is 0 Å². The second-order valence-electron chi connectivity index (χ2n) is 7.40. The number of para-hydroxylation sites is 3. The highest BCUT2D eigenvalue weighted by molar-refractivity contribution is 6.14. The first-order chi connectivity index (χ1) is 14.6. The van der Waals surface area contributed by atoms with Crippen molar-refractivity contribution in [2.24, 2.45) is 0 Å². The fraction of sp³-hybridized carbons (Fsp3) is 0.167. The molecule has 150 valence electrons. The van der Waals surface area contributed by atoms with Crippen LogP contribution in [0.1, 0.15) is 21.5 Å². The number of hydrogen-bond donors (Lipinski definition) is 2. The molecule has 5 rings (SSSR count). The number of rotatable bonds is 4. The molecule has 0 saturated carbocycles. The highest BCUT2D eigenvalue weighted by Crippen LogP contribution is 2.45. The van der Waals surface area contributed by atoms with Crippen LogP contribution in [0.2, 0.25) is 0 Å². The molecular weight excluding hydrogens is 378 g/mol. The van der Waals surface area contributed by atoms with Gasteiger partial charge in [0.1, 0.15) is 5.75 Å². The fourth-order valence-electron chi connectivity index (χ4n) is 4.38. The summed E-state index contributed by atoms with van der Waals surface area (Å²) in [4.78, 5) is 28.5. The van der Waals surface area contributed by atoms with Gasteiger partial charge in [-0.15, -0.1) is 0 Å². The normalized spacial score (nSPS) is 19.2. The van der Waals surface area contributed by atoms with Crippen LogP contribution < -0.4 is 15.4 Å². The van der Waals surface area contributed by atoms with E-state index >= 15 is 0 Å². The standard InChI is InChI=1S/C24H21N3O3/c1-30-21-13-7-2-8-16(21)14-15-27-22(28)17-9-3-5-11-19(17)26-24(27)18-10-4-6-12-20(18)25-23(24)29/h2-13,26H,14-15H2,1H3,(H,25,29). The van der Waals surface area contributed by atoms with E-state index in [4.69, 9.17) is 4.74 Å². The average Bonchev–Trinajstić information content (AvgIpc) is 3.05. The Hall–Kier alpha value is -3.80. The van der Waals surface area contributed by atoms with Crippen molar-refractivity contribution in [1.29, 1.82) is 0 Å². The Bertz CT molecular complexity index is 1160. The second kappa shape index (κ2) is 6.91. The van der Waals surface area contributed by atoms with Gasteiger partial charge in [-0.1, -0.05) is 48.5 Å². The summed E-state index contributed by atoms with van der Waals surface area (Å²) in [6.07, 6.45) is 0.552. The Kier molecular flexibility index (Phi) is 4.20. The Balaban J connectivity index is 1.61. The van der Waals surface area contributed by atoms with Gasteiger partial charge in [-0.25, -0.2) is 0 Å². The summed E-state index contributed by atoms with van der Waals surface area (Å²) in [5.74, 6) is 0.332. The number of ether oxygens (including phenoxy) is 1. The number of hydrogen-bond acceptors (Lipinski definition) is 4. The number of nitrogens with zero attached hydrogens (tertiary/aromatic N) is 1. The van der Waals surface area contributed by atoms with Gasteiger partial charge < -0.3 is 20.3 Å². The minimum absolute atomic E-state index is 0.175. The van der Waals surface area contributed by atoms with Crippen molar-refractivity contribution >= 4 is 23.2 Å². The van der Waals surface area contributed by atoms with Crippen LogP contribution in [0.3, 0.4) is 0 Å². The summed E-state index contributed by atoms with van der Waals surface area (Å²) < 4.78 is 5.46. The SMILES string of the molecule is COc1ccccc1CCN1C(=O)c2ccccc2NC12C(=O)Nc1ccccc12. The molecule has 0 fully saturated rings. The number of methoxy groups -OCH3 is 1. The Morgan fingerprint density at radius 3 is 2.43 bits per heavy atom. The van der Waals surface area contributed by atoms with Crippen LogP contribution in [-0.2, 0) is 16.9 Å².